The molecule has 0 aliphatic heterocycles. The number of hydrogen-bond donors (Lipinski definition) is 2. The van der Waals surface area contributed by atoms with Crippen LogP contribution in [0.4, 0.5) is 11.4 Å². The molecule has 0 bridgehead atoms. The van der Waals surface area contributed by atoms with E-state index in [1.165, 1.54) is 17.1 Å². The Morgan fingerprint density at radius 2 is 1.87 bits per heavy atom. The van der Waals surface area contributed by atoms with Gasteiger partial charge in [-0.3, -0.25) is 14.3 Å². The minimum absolute atomic E-state index is 0.272. The first kappa shape index (κ1) is 16.5. The van der Waals surface area contributed by atoms with Gasteiger partial charge in [0.25, 0.3) is 5.91 Å². The predicted molar refractivity (Wildman–Crippen MR) is 87.8 cm³/mol. The zero-order valence-electron chi connectivity index (χ0n) is 13.2. The molecular formula is C16H20N4O3. The summed E-state index contributed by atoms with van der Waals surface area (Å²) < 4.78 is 1.21. The van der Waals surface area contributed by atoms with Crippen molar-refractivity contribution in [3.8, 4) is 0 Å². The lowest BCUT2D eigenvalue weighted by Crippen LogP contribution is -2.21. The second kappa shape index (κ2) is 7.44. The van der Waals surface area contributed by atoms with E-state index in [9.17, 15) is 9.59 Å². The van der Waals surface area contributed by atoms with Crippen molar-refractivity contribution in [2.75, 3.05) is 23.3 Å². The van der Waals surface area contributed by atoms with Gasteiger partial charge in [0.2, 0.25) is 0 Å². The number of amides is 1. The molecule has 2 N–H and O–H groups in total. The van der Waals surface area contributed by atoms with Crippen LogP contribution in [0.1, 0.15) is 24.2 Å². The number of rotatable bonds is 7. The summed E-state index contributed by atoms with van der Waals surface area (Å²) in [6.45, 7) is 5.75. The van der Waals surface area contributed by atoms with E-state index in [2.05, 4.69) is 29.2 Å². The first-order valence-electron chi connectivity index (χ1n) is 7.44. The standard InChI is InChI=1S/C16H20N4O3/c1-3-19(4-2)14-7-5-13(6-8-14)18-16(23)12-9-17-20(10-12)11-15(21)22/h5-10H,3-4,11H2,1-2H3,(H,18,23)(H,21,22). The van der Waals surface area contributed by atoms with Gasteiger partial charge < -0.3 is 15.3 Å². The van der Waals surface area contributed by atoms with Crippen molar-refractivity contribution < 1.29 is 14.7 Å². The maximum atomic E-state index is 12.1. The van der Waals surface area contributed by atoms with E-state index in [1.54, 1.807) is 0 Å². The van der Waals surface area contributed by atoms with Gasteiger partial charge in [0.1, 0.15) is 6.54 Å². The summed E-state index contributed by atoms with van der Waals surface area (Å²) in [7, 11) is 0. The normalized spacial score (nSPS) is 10.3. The van der Waals surface area contributed by atoms with Crippen LogP contribution in [-0.4, -0.2) is 39.9 Å². The Morgan fingerprint density at radius 3 is 2.43 bits per heavy atom. The molecule has 122 valence electrons. The lowest BCUT2D eigenvalue weighted by Gasteiger charge is -2.21. The van der Waals surface area contributed by atoms with Crippen molar-refractivity contribution >= 4 is 23.3 Å². The van der Waals surface area contributed by atoms with Crippen LogP contribution >= 0.6 is 0 Å². The maximum absolute atomic E-state index is 12.1. The fourth-order valence-electron chi connectivity index (χ4n) is 2.25. The van der Waals surface area contributed by atoms with E-state index in [0.717, 1.165) is 18.8 Å². The van der Waals surface area contributed by atoms with Gasteiger partial charge in [0.15, 0.2) is 0 Å². The molecule has 7 heteroatoms. The molecule has 1 aromatic heterocycles. The number of nitrogens with zero attached hydrogens (tertiary/aromatic N) is 3. The zero-order chi connectivity index (χ0) is 16.8. The number of benzene rings is 1. The molecule has 1 amide bonds. The molecule has 2 aromatic rings. The summed E-state index contributed by atoms with van der Waals surface area (Å²) in [5.41, 5.74) is 2.10. The highest BCUT2D eigenvalue weighted by Crippen LogP contribution is 2.18. The van der Waals surface area contributed by atoms with Gasteiger partial charge >= 0.3 is 5.97 Å². The molecule has 0 aliphatic carbocycles. The molecule has 0 aliphatic rings. The highest BCUT2D eigenvalue weighted by molar-refractivity contribution is 6.04. The average Bonchev–Trinajstić information content (AvgIpc) is 2.98. The summed E-state index contributed by atoms with van der Waals surface area (Å²) >= 11 is 0. The van der Waals surface area contributed by atoms with Crippen molar-refractivity contribution in [1.82, 2.24) is 9.78 Å². The molecule has 23 heavy (non-hydrogen) atoms. The summed E-state index contributed by atoms with van der Waals surface area (Å²) in [4.78, 5) is 24.9. The van der Waals surface area contributed by atoms with Crippen molar-refractivity contribution in [1.29, 1.82) is 0 Å². The predicted octanol–water partition coefficient (Wildman–Crippen LogP) is 2.07. The number of aliphatic carboxylic acids is 1. The third-order valence-corrected chi connectivity index (χ3v) is 3.45. The van der Waals surface area contributed by atoms with Gasteiger partial charge in [-0.2, -0.15) is 5.10 Å². The lowest BCUT2D eigenvalue weighted by atomic mass is 10.2. The first-order valence-corrected chi connectivity index (χ1v) is 7.44. The maximum Gasteiger partial charge on any atom is 0.325 e. The number of aromatic nitrogens is 2. The topological polar surface area (TPSA) is 87.5 Å². The van der Waals surface area contributed by atoms with Crippen LogP contribution in [0.25, 0.3) is 0 Å². The number of carbonyl (C=O) groups is 2. The number of hydrogen-bond acceptors (Lipinski definition) is 4. The highest BCUT2D eigenvalue weighted by Gasteiger charge is 2.10. The zero-order valence-corrected chi connectivity index (χ0v) is 13.2. The molecule has 0 spiro atoms. The smallest absolute Gasteiger partial charge is 0.325 e. The highest BCUT2D eigenvalue weighted by atomic mass is 16.4. The molecule has 0 saturated carbocycles. The molecule has 7 nitrogen and oxygen atoms in total. The Labute approximate surface area is 134 Å². The number of carboxylic acid groups (broad SMARTS) is 1. The SMILES string of the molecule is CCN(CC)c1ccc(NC(=O)c2cnn(CC(=O)O)c2)cc1. The molecule has 0 saturated heterocycles. The van der Waals surface area contributed by atoms with Crippen LogP contribution in [0.2, 0.25) is 0 Å². The van der Waals surface area contributed by atoms with E-state index in [1.807, 2.05) is 24.3 Å². The summed E-state index contributed by atoms with van der Waals surface area (Å²) in [5, 5.41) is 15.3. The van der Waals surface area contributed by atoms with E-state index >= 15 is 0 Å². The van der Waals surface area contributed by atoms with Gasteiger partial charge in [-0.15, -0.1) is 0 Å². The second-order valence-corrected chi connectivity index (χ2v) is 4.99. The molecule has 1 aromatic carbocycles. The minimum Gasteiger partial charge on any atom is -0.480 e. The molecule has 0 fully saturated rings. The Kier molecular flexibility index (Phi) is 5.35. The van der Waals surface area contributed by atoms with Crippen LogP contribution in [0, 0.1) is 0 Å². The molecule has 1 heterocycles. The van der Waals surface area contributed by atoms with Crippen LogP contribution in [0.3, 0.4) is 0 Å². The van der Waals surface area contributed by atoms with Gasteiger partial charge in [-0.1, -0.05) is 0 Å². The van der Waals surface area contributed by atoms with Crippen LogP contribution in [0.15, 0.2) is 36.7 Å². The molecule has 0 radical (unpaired) electrons. The summed E-state index contributed by atoms with van der Waals surface area (Å²) in [6.07, 6.45) is 2.76. The molecule has 0 atom stereocenters. The Bertz CT molecular complexity index is 675. The first-order chi connectivity index (χ1) is 11.0. The van der Waals surface area contributed by atoms with Crippen molar-refractivity contribution in [3.63, 3.8) is 0 Å². The fourth-order valence-corrected chi connectivity index (χ4v) is 2.25. The molecular weight excluding hydrogens is 296 g/mol. The van der Waals surface area contributed by atoms with Crippen LogP contribution in [0.5, 0.6) is 0 Å². The molecule has 2 rings (SSSR count). The van der Waals surface area contributed by atoms with Crippen LogP contribution < -0.4 is 10.2 Å². The minimum atomic E-state index is -1.01. The second-order valence-electron chi connectivity index (χ2n) is 4.99. The Morgan fingerprint density at radius 1 is 1.22 bits per heavy atom. The number of carbonyl (C=O) groups excluding carboxylic acids is 1. The number of carboxylic acids is 1. The van der Waals surface area contributed by atoms with Crippen molar-refractivity contribution in [3.05, 3.63) is 42.2 Å². The van der Waals surface area contributed by atoms with Gasteiger partial charge in [0, 0.05) is 30.7 Å². The van der Waals surface area contributed by atoms with Gasteiger partial charge in [-0.05, 0) is 38.1 Å². The van der Waals surface area contributed by atoms with E-state index in [4.69, 9.17) is 5.11 Å². The summed E-state index contributed by atoms with van der Waals surface area (Å²) in [5.74, 6) is -1.33. The number of nitrogens with one attached hydrogen (secondary N) is 1. The summed E-state index contributed by atoms with van der Waals surface area (Å²) in [6, 6.07) is 7.59. The van der Waals surface area contributed by atoms with E-state index < -0.39 is 5.97 Å². The van der Waals surface area contributed by atoms with Gasteiger partial charge in [0.05, 0.1) is 11.8 Å². The molecule has 0 unspecified atom stereocenters. The van der Waals surface area contributed by atoms with Crippen molar-refractivity contribution in [2.45, 2.75) is 20.4 Å². The third-order valence-electron chi connectivity index (χ3n) is 3.45. The van der Waals surface area contributed by atoms with E-state index in [-0.39, 0.29) is 12.5 Å². The van der Waals surface area contributed by atoms with Crippen LogP contribution in [-0.2, 0) is 11.3 Å². The number of anilines is 2. The Balaban J connectivity index is 2.02. The van der Waals surface area contributed by atoms with E-state index in [0.29, 0.717) is 11.3 Å². The fraction of sp³-hybridized carbons (Fsp3) is 0.312. The monoisotopic (exact) mass is 316 g/mol. The largest absolute Gasteiger partial charge is 0.480 e. The Hall–Kier alpha value is -2.83. The van der Waals surface area contributed by atoms with Gasteiger partial charge in [-0.25, -0.2) is 0 Å². The average molecular weight is 316 g/mol. The lowest BCUT2D eigenvalue weighted by molar-refractivity contribution is -0.137. The third kappa shape index (κ3) is 4.32. The quantitative estimate of drug-likeness (QED) is 0.816. The van der Waals surface area contributed by atoms with Crippen molar-refractivity contribution in [2.24, 2.45) is 0 Å².